The predicted molar refractivity (Wildman–Crippen MR) is 111 cm³/mol. The minimum Gasteiger partial charge on any atom is -0.493 e. The maximum Gasteiger partial charge on any atom is 0.188 e. The number of nitrogens with zero attached hydrogens (tertiary/aromatic N) is 4. The Bertz CT molecular complexity index is 1360. The van der Waals surface area contributed by atoms with Crippen LogP contribution < -0.4 is 10.1 Å². The van der Waals surface area contributed by atoms with E-state index in [2.05, 4.69) is 20.6 Å². The van der Waals surface area contributed by atoms with Crippen molar-refractivity contribution in [1.82, 2.24) is 19.8 Å². The summed E-state index contributed by atoms with van der Waals surface area (Å²) in [5.41, 5.74) is 1.57. The zero-order chi connectivity index (χ0) is 20.7. The van der Waals surface area contributed by atoms with Gasteiger partial charge in [0.25, 0.3) is 0 Å². The van der Waals surface area contributed by atoms with Gasteiger partial charge in [0.1, 0.15) is 17.4 Å². The lowest BCUT2D eigenvalue weighted by molar-refractivity contribution is 0.406. The van der Waals surface area contributed by atoms with Crippen LogP contribution in [0.2, 0.25) is 0 Å². The zero-order valence-electron chi connectivity index (χ0n) is 16.3. The number of fused-ring (bicyclic) bond motifs is 2. The number of hydrogen-bond acceptors (Lipinski definition) is 6. The van der Waals surface area contributed by atoms with Gasteiger partial charge in [0.2, 0.25) is 0 Å². The van der Waals surface area contributed by atoms with Crippen molar-refractivity contribution in [3.63, 3.8) is 0 Å². The highest BCUT2D eigenvalue weighted by Crippen LogP contribution is 2.32. The first-order valence-electron chi connectivity index (χ1n) is 9.44. The molecule has 0 amide bonds. The second kappa shape index (κ2) is 7.14. The van der Waals surface area contributed by atoms with Gasteiger partial charge in [-0.05, 0) is 43.3 Å². The van der Waals surface area contributed by atoms with Crippen molar-refractivity contribution in [2.45, 2.75) is 13.0 Å². The van der Waals surface area contributed by atoms with E-state index in [1.807, 2.05) is 31.2 Å². The summed E-state index contributed by atoms with van der Waals surface area (Å²) in [6.07, 6.45) is 0. The number of hydrogen-bond donors (Lipinski definition) is 1. The molecule has 0 aliphatic carbocycles. The van der Waals surface area contributed by atoms with Crippen molar-refractivity contribution < 1.29 is 13.5 Å². The molecule has 0 saturated heterocycles. The minimum atomic E-state index is -0.378. The van der Waals surface area contributed by atoms with E-state index in [0.717, 1.165) is 11.1 Å². The highest BCUT2D eigenvalue weighted by molar-refractivity contribution is 5.83. The summed E-state index contributed by atoms with van der Waals surface area (Å²) in [6, 6.07) is 17.6. The fourth-order valence-electron chi connectivity index (χ4n) is 3.40. The third-order valence-electron chi connectivity index (χ3n) is 4.92. The Morgan fingerprint density at radius 1 is 1.07 bits per heavy atom. The molecule has 30 heavy (non-hydrogen) atoms. The van der Waals surface area contributed by atoms with E-state index in [1.165, 1.54) is 10.6 Å². The molecule has 3 aromatic heterocycles. The molecule has 0 fully saturated rings. The van der Waals surface area contributed by atoms with E-state index in [-0.39, 0.29) is 11.9 Å². The Labute approximate surface area is 171 Å². The van der Waals surface area contributed by atoms with Crippen LogP contribution in [0.5, 0.6) is 5.75 Å². The molecular formula is C22H18FN5O2. The normalized spacial score (nSPS) is 12.4. The molecule has 1 N–H and O–H groups in total. The molecule has 0 bridgehead atoms. The molecule has 1 unspecified atom stereocenters. The topological polar surface area (TPSA) is 77.5 Å². The summed E-state index contributed by atoms with van der Waals surface area (Å²) < 4.78 is 27.1. The molecule has 8 heteroatoms. The summed E-state index contributed by atoms with van der Waals surface area (Å²) in [7, 11) is 1.62. The zero-order valence-corrected chi connectivity index (χ0v) is 16.3. The second-order valence-corrected chi connectivity index (χ2v) is 6.89. The number of anilines is 1. The Kier molecular flexibility index (Phi) is 4.31. The van der Waals surface area contributed by atoms with Crippen LogP contribution in [-0.2, 0) is 0 Å². The SMILES string of the molecule is COc1cccc2cc(C(C)Nc3ccc4nnc(-c5ccccc5F)n4n3)oc12. The number of ether oxygens (including phenoxy) is 1. The Morgan fingerprint density at radius 3 is 2.77 bits per heavy atom. The molecule has 2 aromatic carbocycles. The molecule has 1 atom stereocenters. The highest BCUT2D eigenvalue weighted by Gasteiger charge is 2.17. The number of para-hydroxylation sites is 1. The lowest BCUT2D eigenvalue weighted by Crippen LogP contribution is -2.09. The van der Waals surface area contributed by atoms with Gasteiger partial charge in [0.05, 0.1) is 18.7 Å². The molecular weight excluding hydrogens is 385 g/mol. The van der Waals surface area contributed by atoms with Crippen molar-refractivity contribution in [2.75, 3.05) is 12.4 Å². The summed E-state index contributed by atoms with van der Waals surface area (Å²) in [4.78, 5) is 0. The third kappa shape index (κ3) is 3.02. The fraction of sp³-hybridized carbons (Fsp3) is 0.136. The van der Waals surface area contributed by atoms with Gasteiger partial charge in [-0.3, -0.25) is 0 Å². The van der Waals surface area contributed by atoms with Crippen LogP contribution in [0.4, 0.5) is 10.2 Å². The molecule has 7 nitrogen and oxygen atoms in total. The van der Waals surface area contributed by atoms with Crippen LogP contribution in [0.1, 0.15) is 18.7 Å². The second-order valence-electron chi connectivity index (χ2n) is 6.89. The Balaban J connectivity index is 1.48. The van der Waals surface area contributed by atoms with Crippen molar-refractivity contribution in [1.29, 1.82) is 0 Å². The number of nitrogens with one attached hydrogen (secondary N) is 1. The molecule has 5 rings (SSSR count). The number of halogens is 1. The Morgan fingerprint density at radius 2 is 1.93 bits per heavy atom. The predicted octanol–water partition coefficient (Wildman–Crippen LogP) is 4.86. The van der Waals surface area contributed by atoms with Gasteiger partial charge in [0, 0.05) is 5.39 Å². The van der Waals surface area contributed by atoms with Gasteiger partial charge < -0.3 is 14.5 Å². The van der Waals surface area contributed by atoms with E-state index in [9.17, 15) is 4.39 Å². The van der Waals surface area contributed by atoms with Gasteiger partial charge in [-0.15, -0.1) is 15.3 Å². The van der Waals surface area contributed by atoms with E-state index in [1.54, 1.807) is 37.4 Å². The number of furan rings is 1. The van der Waals surface area contributed by atoms with E-state index in [0.29, 0.717) is 34.2 Å². The van der Waals surface area contributed by atoms with Crippen LogP contribution in [0.25, 0.3) is 28.0 Å². The van der Waals surface area contributed by atoms with Crippen LogP contribution in [-0.4, -0.2) is 26.9 Å². The third-order valence-corrected chi connectivity index (χ3v) is 4.92. The molecule has 3 heterocycles. The van der Waals surface area contributed by atoms with Crippen molar-refractivity contribution in [3.8, 4) is 17.1 Å². The van der Waals surface area contributed by atoms with Crippen LogP contribution in [0.3, 0.4) is 0 Å². The fourth-order valence-corrected chi connectivity index (χ4v) is 3.40. The van der Waals surface area contributed by atoms with Gasteiger partial charge in [-0.1, -0.05) is 24.3 Å². The average molecular weight is 403 g/mol. The highest BCUT2D eigenvalue weighted by atomic mass is 19.1. The van der Waals surface area contributed by atoms with Gasteiger partial charge >= 0.3 is 0 Å². The first-order valence-corrected chi connectivity index (χ1v) is 9.44. The quantitative estimate of drug-likeness (QED) is 0.452. The van der Waals surface area contributed by atoms with E-state index >= 15 is 0 Å². The smallest absolute Gasteiger partial charge is 0.188 e. The maximum absolute atomic E-state index is 14.2. The molecule has 0 saturated carbocycles. The first-order chi connectivity index (χ1) is 14.6. The van der Waals surface area contributed by atoms with Crippen molar-refractivity contribution in [3.05, 3.63) is 72.2 Å². The summed E-state index contributed by atoms with van der Waals surface area (Å²) >= 11 is 0. The summed E-state index contributed by atoms with van der Waals surface area (Å²) in [5.74, 6) is 1.98. The van der Waals surface area contributed by atoms with E-state index in [4.69, 9.17) is 9.15 Å². The summed E-state index contributed by atoms with van der Waals surface area (Å²) in [6.45, 7) is 1.97. The molecule has 0 radical (unpaired) electrons. The standard InChI is InChI=1S/C22H18FN5O2/c1-13(18-12-14-6-5-9-17(29-2)21(14)30-18)24-19-10-11-20-25-26-22(28(20)27-19)15-7-3-4-8-16(15)23/h3-13H,1-2H3,(H,24,27). The lowest BCUT2D eigenvalue weighted by Gasteiger charge is -2.12. The van der Waals surface area contributed by atoms with Gasteiger partial charge in [0.15, 0.2) is 22.8 Å². The molecule has 5 aromatic rings. The number of rotatable bonds is 5. The number of benzene rings is 2. The number of methoxy groups -OCH3 is 1. The van der Waals surface area contributed by atoms with Crippen LogP contribution in [0, 0.1) is 5.82 Å². The van der Waals surface area contributed by atoms with Crippen molar-refractivity contribution in [2.24, 2.45) is 0 Å². The maximum atomic E-state index is 14.2. The number of aromatic nitrogens is 4. The average Bonchev–Trinajstić information content (AvgIpc) is 3.38. The largest absolute Gasteiger partial charge is 0.493 e. The summed E-state index contributed by atoms with van der Waals surface area (Å²) in [5, 5.41) is 17.0. The first kappa shape index (κ1) is 18.1. The molecule has 0 spiro atoms. The van der Waals surface area contributed by atoms with Crippen molar-refractivity contribution >= 4 is 22.4 Å². The van der Waals surface area contributed by atoms with Gasteiger partial charge in [-0.2, -0.15) is 4.52 Å². The van der Waals surface area contributed by atoms with Crippen LogP contribution in [0.15, 0.2) is 65.1 Å². The lowest BCUT2D eigenvalue weighted by atomic mass is 10.2. The monoisotopic (exact) mass is 403 g/mol. The Hall–Kier alpha value is -3.94. The molecule has 0 aliphatic rings. The molecule has 150 valence electrons. The molecule has 0 aliphatic heterocycles. The van der Waals surface area contributed by atoms with Gasteiger partial charge in [-0.25, -0.2) is 4.39 Å². The minimum absolute atomic E-state index is 0.166. The van der Waals surface area contributed by atoms with Crippen LogP contribution >= 0.6 is 0 Å². The van der Waals surface area contributed by atoms with E-state index < -0.39 is 0 Å².